The molecule has 0 saturated heterocycles. The van der Waals surface area contributed by atoms with Gasteiger partial charge in [-0.1, -0.05) is 42.2 Å². The Hall–Kier alpha value is -1.98. The van der Waals surface area contributed by atoms with E-state index in [2.05, 4.69) is 24.0 Å². The van der Waals surface area contributed by atoms with Gasteiger partial charge in [0.05, 0.1) is 6.26 Å². The molecule has 0 aliphatic carbocycles. The van der Waals surface area contributed by atoms with Crippen LogP contribution in [0.1, 0.15) is 23.8 Å². The number of aryl methyl sites for hydroxylation is 1. The molecule has 1 aromatic carbocycles. The van der Waals surface area contributed by atoms with Gasteiger partial charge in [0.15, 0.2) is 6.10 Å². The van der Waals surface area contributed by atoms with E-state index in [1.165, 1.54) is 11.8 Å². The van der Waals surface area contributed by atoms with Crippen LogP contribution in [-0.4, -0.2) is 5.11 Å². The van der Waals surface area contributed by atoms with Gasteiger partial charge in [-0.15, -0.1) is 0 Å². The molecule has 0 amide bonds. The molecule has 1 atom stereocenters. The van der Waals surface area contributed by atoms with Crippen molar-refractivity contribution in [2.45, 2.75) is 18.9 Å². The maximum Gasteiger partial charge on any atom is 0.172 e. The quantitative estimate of drug-likeness (QED) is 0.816. The fourth-order valence-corrected chi connectivity index (χ4v) is 1.54. The molecule has 17 heavy (non-hydrogen) atoms. The number of furan rings is 1. The van der Waals surface area contributed by atoms with E-state index in [9.17, 15) is 5.11 Å². The summed E-state index contributed by atoms with van der Waals surface area (Å²) < 4.78 is 5.06. The van der Waals surface area contributed by atoms with E-state index in [0.29, 0.717) is 5.76 Å². The molecule has 1 aromatic heterocycles. The lowest BCUT2D eigenvalue weighted by atomic mass is 10.1. The molecular weight excluding hydrogens is 212 g/mol. The topological polar surface area (TPSA) is 33.4 Å². The highest BCUT2D eigenvalue weighted by Crippen LogP contribution is 2.11. The predicted octanol–water partition coefficient (Wildman–Crippen LogP) is 2.95. The molecular formula is C15H14O2. The third-order valence-electron chi connectivity index (χ3n) is 2.43. The molecule has 1 N–H and O–H groups in total. The molecule has 1 heterocycles. The Bertz CT molecular complexity index is 489. The van der Waals surface area contributed by atoms with E-state index >= 15 is 0 Å². The van der Waals surface area contributed by atoms with Crippen molar-refractivity contribution in [3.8, 4) is 11.8 Å². The Morgan fingerprint density at radius 2 is 1.94 bits per heavy atom. The predicted molar refractivity (Wildman–Crippen MR) is 66.2 cm³/mol. The summed E-state index contributed by atoms with van der Waals surface area (Å²) in [6.07, 6.45) is 2.35. The molecule has 2 heteroatoms. The molecule has 86 valence electrons. The number of hydrogen-bond acceptors (Lipinski definition) is 2. The van der Waals surface area contributed by atoms with Crippen molar-refractivity contribution in [1.29, 1.82) is 0 Å². The maximum atomic E-state index is 9.64. The summed E-state index contributed by atoms with van der Waals surface area (Å²) in [5.41, 5.74) is 1.26. The van der Waals surface area contributed by atoms with Crippen molar-refractivity contribution < 1.29 is 9.52 Å². The second kappa shape index (κ2) is 5.93. The fourth-order valence-electron chi connectivity index (χ4n) is 1.54. The molecule has 0 aliphatic rings. The fraction of sp³-hybridized carbons (Fsp3) is 0.200. The highest BCUT2D eigenvalue weighted by atomic mass is 16.4. The van der Waals surface area contributed by atoms with Gasteiger partial charge >= 0.3 is 0 Å². The van der Waals surface area contributed by atoms with Crippen molar-refractivity contribution in [1.82, 2.24) is 0 Å². The van der Waals surface area contributed by atoms with Gasteiger partial charge < -0.3 is 9.52 Å². The molecule has 0 radical (unpaired) electrons. The van der Waals surface area contributed by atoms with E-state index in [1.807, 2.05) is 18.2 Å². The Labute approximate surface area is 101 Å². The smallest absolute Gasteiger partial charge is 0.172 e. The Morgan fingerprint density at radius 3 is 2.65 bits per heavy atom. The third-order valence-corrected chi connectivity index (χ3v) is 2.43. The van der Waals surface area contributed by atoms with Crippen LogP contribution in [0.3, 0.4) is 0 Å². The van der Waals surface area contributed by atoms with Gasteiger partial charge in [-0.25, -0.2) is 0 Å². The second-order valence-corrected chi connectivity index (χ2v) is 3.72. The Kier molecular flexibility index (Phi) is 4.01. The normalized spacial score (nSPS) is 11.6. The van der Waals surface area contributed by atoms with Crippen LogP contribution in [0.2, 0.25) is 0 Å². The number of aliphatic hydroxyl groups is 1. The number of aliphatic hydroxyl groups excluding tert-OH is 1. The lowest BCUT2D eigenvalue weighted by Gasteiger charge is -1.97. The van der Waals surface area contributed by atoms with Crippen molar-refractivity contribution in [2.24, 2.45) is 0 Å². The van der Waals surface area contributed by atoms with Gasteiger partial charge in [0.25, 0.3) is 0 Å². The zero-order chi connectivity index (χ0) is 11.9. The lowest BCUT2D eigenvalue weighted by molar-refractivity contribution is 0.206. The average Bonchev–Trinajstić information content (AvgIpc) is 2.89. The van der Waals surface area contributed by atoms with Crippen LogP contribution in [0.25, 0.3) is 0 Å². The Morgan fingerprint density at radius 1 is 1.12 bits per heavy atom. The third kappa shape index (κ3) is 3.51. The summed E-state index contributed by atoms with van der Waals surface area (Å²) in [6.45, 7) is 0. The zero-order valence-corrected chi connectivity index (χ0v) is 9.47. The minimum Gasteiger partial charge on any atom is -0.466 e. The molecule has 0 aliphatic heterocycles. The van der Waals surface area contributed by atoms with Crippen LogP contribution < -0.4 is 0 Å². The largest absolute Gasteiger partial charge is 0.466 e. The summed E-state index contributed by atoms with van der Waals surface area (Å²) in [5, 5.41) is 9.64. The minimum absolute atomic E-state index is 0.497. The van der Waals surface area contributed by atoms with E-state index < -0.39 is 6.10 Å². The van der Waals surface area contributed by atoms with E-state index in [0.717, 1.165) is 12.8 Å². The molecule has 2 rings (SSSR count). The van der Waals surface area contributed by atoms with Crippen molar-refractivity contribution in [2.75, 3.05) is 0 Å². The SMILES string of the molecule is O[C@@H](C#CCCc1ccccc1)c1ccco1. The minimum atomic E-state index is -0.819. The van der Waals surface area contributed by atoms with Gasteiger partial charge in [0, 0.05) is 6.42 Å². The van der Waals surface area contributed by atoms with Crippen LogP contribution in [-0.2, 0) is 6.42 Å². The standard InChI is InChI=1S/C15H14O2/c16-14(15-11-6-12-17-15)10-5-4-9-13-7-2-1-3-8-13/h1-3,6-8,11-12,14,16H,4,9H2/t14-/m0/s1. The Balaban J connectivity index is 1.83. The maximum absolute atomic E-state index is 9.64. The molecule has 0 saturated carbocycles. The molecule has 0 unspecified atom stereocenters. The van der Waals surface area contributed by atoms with Gasteiger partial charge in [-0.3, -0.25) is 0 Å². The molecule has 0 spiro atoms. The van der Waals surface area contributed by atoms with Gasteiger partial charge in [0.1, 0.15) is 5.76 Å². The van der Waals surface area contributed by atoms with Crippen molar-refractivity contribution in [3.05, 3.63) is 60.1 Å². The highest BCUT2D eigenvalue weighted by Gasteiger charge is 2.04. The first kappa shape index (κ1) is 11.5. The van der Waals surface area contributed by atoms with Crippen molar-refractivity contribution >= 4 is 0 Å². The summed E-state index contributed by atoms with van der Waals surface area (Å²) >= 11 is 0. The summed E-state index contributed by atoms with van der Waals surface area (Å²) in [5.74, 6) is 6.23. The molecule has 2 nitrogen and oxygen atoms in total. The van der Waals surface area contributed by atoms with Gasteiger partial charge in [-0.05, 0) is 24.1 Å². The number of rotatable bonds is 3. The lowest BCUT2D eigenvalue weighted by Crippen LogP contribution is -1.90. The van der Waals surface area contributed by atoms with Crippen LogP contribution in [0.4, 0.5) is 0 Å². The van der Waals surface area contributed by atoms with Crippen LogP contribution in [0, 0.1) is 11.8 Å². The second-order valence-electron chi connectivity index (χ2n) is 3.72. The zero-order valence-electron chi connectivity index (χ0n) is 9.47. The van der Waals surface area contributed by atoms with Crippen LogP contribution in [0.15, 0.2) is 53.1 Å². The summed E-state index contributed by atoms with van der Waals surface area (Å²) in [4.78, 5) is 0. The first-order valence-electron chi connectivity index (χ1n) is 5.60. The molecule has 0 bridgehead atoms. The van der Waals surface area contributed by atoms with E-state index in [-0.39, 0.29) is 0 Å². The van der Waals surface area contributed by atoms with Crippen molar-refractivity contribution in [3.63, 3.8) is 0 Å². The molecule has 0 fully saturated rings. The van der Waals surface area contributed by atoms with Gasteiger partial charge in [0.2, 0.25) is 0 Å². The first-order chi connectivity index (χ1) is 8.36. The monoisotopic (exact) mass is 226 g/mol. The summed E-state index contributed by atoms with van der Waals surface area (Å²) in [7, 11) is 0. The molecule has 2 aromatic rings. The number of benzene rings is 1. The van der Waals surface area contributed by atoms with Crippen LogP contribution >= 0.6 is 0 Å². The van der Waals surface area contributed by atoms with Gasteiger partial charge in [-0.2, -0.15) is 0 Å². The van der Waals surface area contributed by atoms with E-state index in [1.54, 1.807) is 12.1 Å². The van der Waals surface area contributed by atoms with Crippen LogP contribution in [0.5, 0.6) is 0 Å². The average molecular weight is 226 g/mol. The highest BCUT2D eigenvalue weighted by molar-refractivity contribution is 5.19. The van der Waals surface area contributed by atoms with E-state index in [4.69, 9.17) is 4.42 Å². The summed E-state index contributed by atoms with van der Waals surface area (Å²) in [6, 6.07) is 13.6. The number of hydrogen-bond donors (Lipinski definition) is 1. The first-order valence-corrected chi connectivity index (χ1v) is 5.60.